The van der Waals surface area contributed by atoms with Crippen LogP contribution in [0.2, 0.25) is 0 Å². The Morgan fingerprint density at radius 3 is 2.79 bits per heavy atom. The third-order valence-corrected chi connectivity index (χ3v) is 4.15. The highest BCUT2D eigenvalue weighted by atomic mass is 16.6. The van der Waals surface area contributed by atoms with Gasteiger partial charge in [0, 0.05) is 11.5 Å². The molecule has 0 aliphatic heterocycles. The van der Waals surface area contributed by atoms with Gasteiger partial charge in [-0.15, -0.1) is 0 Å². The Morgan fingerprint density at radius 2 is 2.07 bits per heavy atom. The molecule has 1 aromatic carbocycles. The Balaban J connectivity index is 1.78. The molecular formula is C19H25N3O6. The Bertz CT molecular complexity index is 758. The van der Waals surface area contributed by atoms with E-state index in [1.54, 1.807) is 18.2 Å². The molecule has 3 N–H and O–H groups in total. The first-order chi connectivity index (χ1) is 13.5. The smallest absolute Gasteiger partial charge is 0.416 e. The summed E-state index contributed by atoms with van der Waals surface area (Å²) >= 11 is 0. The van der Waals surface area contributed by atoms with Crippen molar-refractivity contribution >= 4 is 29.4 Å². The molecule has 1 heterocycles. The van der Waals surface area contributed by atoms with Crippen LogP contribution in [-0.2, 0) is 9.59 Å². The van der Waals surface area contributed by atoms with Crippen molar-refractivity contribution in [2.24, 2.45) is 5.92 Å². The third kappa shape index (κ3) is 6.58. The average molecular weight is 391 g/mol. The van der Waals surface area contributed by atoms with Crippen LogP contribution in [0, 0.1) is 5.92 Å². The summed E-state index contributed by atoms with van der Waals surface area (Å²) in [6, 6.07) is 8.81. The van der Waals surface area contributed by atoms with Crippen LogP contribution < -0.4 is 15.4 Å². The van der Waals surface area contributed by atoms with Gasteiger partial charge >= 0.3 is 6.09 Å². The molecular weight excluding hydrogens is 366 g/mol. The zero-order valence-corrected chi connectivity index (χ0v) is 15.7. The van der Waals surface area contributed by atoms with Gasteiger partial charge in [-0.2, -0.15) is 0 Å². The second kappa shape index (κ2) is 10.9. The molecule has 1 aromatic heterocycles. The Labute approximate surface area is 162 Å². The largest absolute Gasteiger partial charge is 0.425 e. The number of ether oxygens (including phenoxy) is 1. The summed E-state index contributed by atoms with van der Waals surface area (Å²) in [5, 5.41) is 15.5. The van der Waals surface area contributed by atoms with Crippen molar-refractivity contribution in [3.05, 3.63) is 30.3 Å². The van der Waals surface area contributed by atoms with E-state index in [0.717, 1.165) is 24.6 Å². The highest BCUT2D eigenvalue weighted by molar-refractivity contribution is 5.81. The van der Waals surface area contributed by atoms with Gasteiger partial charge in [-0.25, -0.2) is 9.86 Å². The Hall–Kier alpha value is -3.07. The molecule has 9 nitrogen and oxygen atoms in total. The second-order valence-electron chi connectivity index (χ2n) is 6.31. The minimum absolute atomic E-state index is 0.0457. The summed E-state index contributed by atoms with van der Waals surface area (Å²) < 4.78 is 10.4. The molecule has 0 saturated heterocycles. The fraction of sp³-hybridized carbons (Fsp3) is 0.421. The van der Waals surface area contributed by atoms with Gasteiger partial charge in [-0.1, -0.05) is 44.4 Å². The number of para-hydroxylation sites is 1. The highest BCUT2D eigenvalue weighted by Gasteiger charge is 2.20. The number of furan rings is 1. The van der Waals surface area contributed by atoms with Gasteiger partial charge in [0.25, 0.3) is 5.95 Å². The molecule has 9 heteroatoms. The Morgan fingerprint density at radius 1 is 1.29 bits per heavy atom. The zero-order valence-electron chi connectivity index (χ0n) is 15.7. The van der Waals surface area contributed by atoms with Crippen molar-refractivity contribution in [3.8, 4) is 5.95 Å². The van der Waals surface area contributed by atoms with E-state index in [1.165, 1.54) is 0 Å². The number of fused-ring (bicyclic) bond motifs is 1. The maximum absolute atomic E-state index is 12.3. The number of carbonyl (C=O) groups excluding carboxylic acids is 3. The van der Waals surface area contributed by atoms with Crippen LogP contribution in [0.5, 0.6) is 5.95 Å². The van der Waals surface area contributed by atoms with Crippen LogP contribution >= 0.6 is 0 Å². The third-order valence-electron chi connectivity index (χ3n) is 4.15. The van der Waals surface area contributed by atoms with Crippen molar-refractivity contribution in [2.75, 3.05) is 13.2 Å². The fourth-order valence-electron chi connectivity index (χ4n) is 2.70. The molecule has 0 saturated carbocycles. The highest BCUT2D eigenvalue weighted by Crippen LogP contribution is 2.24. The standard InChI is InChI=1S/C19H25N3O6/c1-2-3-4-8-15(11-22(26)13-23)18(24)20-12-21-19(25)28-17-10-14-7-5-6-9-16(14)27-17/h5-7,9-10,13,15,26H,2-4,8,11-12H2,1H3,(H,20,24)(H,21,25)/t15-/m1/s1. The first-order valence-electron chi connectivity index (χ1n) is 9.16. The Kier molecular flexibility index (Phi) is 8.29. The van der Waals surface area contributed by atoms with E-state index in [4.69, 9.17) is 9.15 Å². The van der Waals surface area contributed by atoms with E-state index in [9.17, 15) is 19.6 Å². The lowest BCUT2D eigenvalue weighted by Gasteiger charge is -2.19. The molecule has 152 valence electrons. The lowest BCUT2D eigenvalue weighted by atomic mass is 10.0. The van der Waals surface area contributed by atoms with E-state index < -0.39 is 12.0 Å². The number of unbranched alkanes of at least 4 members (excludes halogenated alkanes) is 2. The van der Waals surface area contributed by atoms with Gasteiger partial charge in [-0.05, 0) is 12.5 Å². The SMILES string of the molecule is CCCCC[C@H](CN(O)C=O)C(=O)NCNC(=O)Oc1cc2ccccc2o1. The molecule has 0 radical (unpaired) electrons. The van der Waals surface area contributed by atoms with E-state index in [0.29, 0.717) is 17.1 Å². The van der Waals surface area contributed by atoms with Crippen LogP contribution in [-0.4, -0.2) is 41.9 Å². The maximum Gasteiger partial charge on any atom is 0.416 e. The van der Waals surface area contributed by atoms with Crippen molar-refractivity contribution in [3.63, 3.8) is 0 Å². The normalized spacial score (nSPS) is 11.6. The molecule has 0 spiro atoms. The first-order valence-corrected chi connectivity index (χ1v) is 9.16. The lowest BCUT2D eigenvalue weighted by molar-refractivity contribution is -0.154. The van der Waals surface area contributed by atoms with Gasteiger partial charge in [0.15, 0.2) is 0 Å². The molecule has 28 heavy (non-hydrogen) atoms. The van der Waals surface area contributed by atoms with Gasteiger partial charge in [0.05, 0.1) is 19.1 Å². The summed E-state index contributed by atoms with van der Waals surface area (Å²) in [4.78, 5) is 34.7. The minimum atomic E-state index is -0.779. The fourth-order valence-corrected chi connectivity index (χ4v) is 2.70. The molecule has 0 aliphatic rings. The van der Waals surface area contributed by atoms with E-state index >= 15 is 0 Å². The molecule has 2 rings (SSSR count). The monoisotopic (exact) mass is 391 g/mol. The second-order valence-corrected chi connectivity index (χ2v) is 6.31. The predicted molar refractivity (Wildman–Crippen MR) is 101 cm³/mol. The number of nitrogens with one attached hydrogen (secondary N) is 2. The molecule has 3 amide bonds. The number of benzene rings is 1. The molecule has 0 bridgehead atoms. The molecule has 1 atom stereocenters. The van der Waals surface area contributed by atoms with Gasteiger partial charge in [0.1, 0.15) is 5.58 Å². The van der Waals surface area contributed by atoms with Gasteiger partial charge in [-0.3, -0.25) is 14.8 Å². The van der Waals surface area contributed by atoms with Crippen LogP contribution in [0.1, 0.15) is 32.6 Å². The lowest BCUT2D eigenvalue weighted by Crippen LogP contribution is -2.43. The number of hydrogen-bond donors (Lipinski definition) is 3. The van der Waals surface area contributed by atoms with E-state index in [2.05, 4.69) is 10.6 Å². The van der Waals surface area contributed by atoms with Crippen molar-refractivity contribution in [2.45, 2.75) is 32.6 Å². The van der Waals surface area contributed by atoms with Crippen molar-refractivity contribution in [1.29, 1.82) is 0 Å². The summed E-state index contributed by atoms with van der Waals surface area (Å²) in [6.45, 7) is 1.77. The minimum Gasteiger partial charge on any atom is -0.425 e. The van der Waals surface area contributed by atoms with Crippen LogP contribution in [0.3, 0.4) is 0 Å². The zero-order chi connectivity index (χ0) is 20.4. The summed E-state index contributed by atoms with van der Waals surface area (Å²) in [6.07, 6.45) is 2.72. The van der Waals surface area contributed by atoms with Gasteiger partial charge in [0.2, 0.25) is 12.3 Å². The molecule has 2 aromatic rings. The van der Waals surface area contributed by atoms with Crippen LogP contribution in [0.4, 0.5) is 4.79 Å². The summed E-state index contributed by atoms with van der Waals surface area (Å²) in [7, 11) is 0. The molecule has 0 fully saturated rings. The molecule has 0 aliphatic carbocycles. The summed E-state index contributed by atoms with van der Waals surface area (Å²) in [5.41, 5.74) is 0.595. The van der Waals surface area contributed by atoms with Crippen molar-refractivity contribution < 1.29 is 28.7 Å². The predicted octanol–water partition coefficient (Wildman–Crippen LogP) is 2.64. The van der Waals surface area contributed by atoms with Crippen LogP contribution in [0.25, 0.3) is 11.0 Å². The number of hydrogen-bond acceptors (Lipinski definition) is 6. The first kappa shape index (κ1) is 21.2. The number of nitrogens with zero attached hydrogens (tertiary/aromatic N) is 1. The van der Waals surface area contributed by atoms with Crippen molar-refractivity contribution in [1.82, 2.24) is 15.7 Å². The number of carbonyl (C=O) groups is 3. The maximum atomic E-state index is 12.3. The number of amides is 3. The van der Waals surface area contributed by atoms with E-state index in [-0.39, 0.29) is 31.5 Å². The van der Waals surface area contributed by atoms with Gasteiger partial charge < -0.3 is 19.8 Å². The average Bonchev–Trinajstić information content (AvgIpc) is 3.09. The summed E-state index contributed by atoms with van der Waals surface area (Å²) in [5.74, 6) is -0.902. The topological polar surface area (TPSA) is 121 Å². The quantitative estimate of drug-likeness (QED) is 0.178. The molecule has 0 unspecified atom stereocenters. The number of hydroxylamine groups is 2. The van der Waals surface area contributed by atoms with E-state index in [1.807, 2.05) is 19.1 Å². The van der Waals surface area contributed by atoms with Crippen LogP contribution in [0.15, 0.2) is 34.7 Å². The number of rotatable bonds is 11.